The first-order valence-electron chi connectivity index (χ1n) is 9.52. The van der Waals surface area contributed by atoms with E-state index in [-0.39, 0.29) is 5.97 Å². The highest BCUT2D eigenvalue weighted by molar-refractivity contribution is 5.69. The molecule has 0 aromatic rings. The van der Waals surface area contributed by atoms with E-state index in [0.29, 0.717) is 13.0 Å². The van der Waals surface area contributed by atoms with Gasteiger partial charge in [-0.15, -0.1) is 5.92 Å². The standard InChI is InChI=1S/C20H36O3/c1-3-16-19(21)17-14-12-10-8-6-5-7-9-11-13-15-18-20(22)23-4-2/h19,21H,3-13,15-16,18H2,1-2H3/t19-/m0/s1. The van der Waals surface area contributed by atoms with E-state index in [2.05, 4.69) is 18.8 Å². The summed E-state index contributed by atoms with van der Waals surface area (Å²) in [6.45, 7) is 4.40. The third kappa shape index (κ3) is 17.2. The van der Waals surface area contributed by atoms with E-state index in [0.717, 1.165) is 38.5 Å². The van der Waals surface area contributed by atoms with E-state index < -0.39 is 6.10 Å². The molecule has 3 nitrogen and oxygen atoms in total. The topological polar surface area (TPSA) is 46.5 Å². The van der Waals surface area contributed by atoms with Gasteiger partial charge in [0, 0.05) is 12.8 Å². The zero-order chi connectivity index (χ0) is 17.2. The SMILES string of the molecule is CCC[C@H](O)C#CCCCCCCCCCCCC(=O)OCC. The van der Waals surface area contributed by atoms with E-state index in [1.807, 2.05) is 6.92 Å². The fourth-order valence-electron chi connectivity index (χ4n) is 2.49. The molecule has 0 saturated heterocycles. The summed E-state index contributed by atoms with van der Waals surface area (Å²) in [5.41, 5.74) is 0. The number of ether oxygens (including phenoxy) is 1. The number of esters is 1. The summed E-state index contributed by atoms with van der Waals surface area (Å²) < 4.78 is 4.90. The Kier molecular flexibility index (Phi) is 16.6. The third-order valence-electron chi connectivity index (χ3n) is 3.82. The van der Waals surface area contributed by atoms with Crippen molar-refractivity contribution in [1.82, 2.24) is 0 Å². The van der Waals surface area contributed by atoms with Gasteiger partial charge in [0.05, 0.1) is 6.61 Å². The van der Waals surface area contributed by atoms with E-state index >= 15 is 0 Å². The van der Waals surface area contributed by atoms with Crippen molar-refractivity contribution in [2.45, 2.75) is 103 Å². The molecule has 0 unspecified atom stereocenters. The van der Waals surface area contributed by atoms with Crippen molar-refractivity contribution in [3.8, 4) is 11.8 Å². The van der Waals surface area contributed by atoms with E-state index in [1.54, 1.807) is 0 Å². The first-order valence-corrected chi connectivity index (χ1v) is 9.52. The second kappa shape index (κ2) is 17.3. The molecule has 0 saturated carbocycles. The molecule has 0 rings (SSSR count). The molecule has 0 bridgehead atoms. The molecule has 23 heavy (non-hydrogen) atoms. The Morgan fingerprint density at radius 2 is 1.52 bits per heavy atom. The zero-order valence-electron chi connectivity index (χ0n) is 15.2. The summed E-state index contributed by atoms with van der Waals surface area (Å²) in [6.07, 6.45) is 13.7. The lowest BCUT2D eigenvalue weighted by Crippen LogP contribution is -2.03. The van der Waals surface area contributed by atoms with E-state index in [9.17, 15) is 9.90 Å². The number of hydrogen-bond donors (Lipinski definition) is 1. The van der Waals surface area contributed by atoms with Crippen molar-refractivity contribution in [3.05, 3.63) is 0 Å². The predicted molar refractivity (Wildman–Crippen MR) is 96.1 cm³/mol. The predicted octanol–water partition coefficient (Wildman–Crippen LogP) is 5.01. The van der Waals surface area contributed by atoms with Crippen LogP contribution in [0.4, 0.5) is 0 Å². The molecule has 0 aromatic heterocycles. The maximum absolute atomic E-state index is 11.1. The quantitative estimate of drug-likeness (QED) is 0.278. The largest absolute Gasteiger partial charge is 0.466 e. The second-order valence-corrected chi connectivity index (χ2v) is 6.11. The average Bonchev–Trinajstić information content (AvgIpc) is 2.52. The minimum Gasteiger partial charge on any atom is -0.466 e. The van der Waals surface area contributed by atoms with Crippen molar-refractivity contribution in [1.29, 1.82) is 0 Å². The van der Waals surface area contributed by atoms with Crippen molar-refractivity contribution < 1.29 is 14.6 Å². The molecular weight excluding hydrogens is 288 g/mol. The Morgan fingerprint density at radius 1 is 0.957 bits per heavy atom. The fourth-order valence-corrected chi connectivity index (χ4v) is 2.49. The minimum atomic E-state index is -0.427. The summed E-state index contributed by atoms with van der Waals surface area (Å²) in [7, 11) is 0. The number of rotatable bonds is 14. The zero-order valence-corrected chi connectivity index (χ0v) is 15.2. The lowest BCUT2D eigenvalue weighted by Gasteiger charge is -2.03. The van der Waals surface area contributed by atoms with Crippen molar-refractivity contribution >= 4 is 5.97 Å². The number of aliphatic hydroxyl groups excluding tert-OH is 1. The minimum absolute atomic E-state index is 0.0576. The van der Waals surface area contributed by atoms with Crippen LogP contribution in [0, 0.1) is 11.8 Å². The van der Waals surface area contributed by atoms with Gasteiger partial charge in [-0.2, -0.15) is 0 Å². The highest BCUT2D eigenvalue weighted by Gasteiger charge is 2.00. The Bertz CT molecular complexity index is 328. The normalized spacial score (nSPS) is 11.6. The summed E-state index contributed by atoms with van der Waals surface area (Å²) in [5, 5.41) is 9.47. The van der Waals surface area contributed by atoms with Crippen LogP contribution in [0.1, 0.15) is 97.3 Å². The number of unbranched alkanes of at least 4 members (excludes halogenated alkanes) is 9. The third-order valence-corrected chi connectivity index (χ3v) is 3.82. The fraction of sp³-hybridized carbons (Fsp3) is 0.850. The van der Waals surface area contributed by atoms with Crippen LogP contribution in [0.2, 0.25) is 0 Å². The maximum Gasteiger partial charge on any atom is 0.305 e. The Hall–Kier alpha value is -1.01. The number of carbonyl (C=O) groups is 1. The van der Waals surface area contributed by atoms with Gasteiger partial charge in [-0.05, 0) is 26.2 Å². The molecule has 0 fully saturated rings. The molecule has 0 aliphatic rings. The van der Waals surface area contributed by atoms with Gasteiger partial charge in [0.1, 0.15) is 6.10 Å². The Balaban J connectivity index is 3.20. The van der Waals surface area contributed by atoms with Crippen LogP contribution in [0.15, 0.2) is 0 Å². The molecule has 1 atom stereocenters. The number of carbonyl (C=O) groups excluding carboxylic acids is 1. The van der Waals surface area contributed by atoms with Gasteiger partial charge in [-0.25, -0.2) is 0 Å². The lowest BCUT2D eigenvalue weighted by molar-refractivity contribution is -0.143. The smallest absolute Gasteiger partial charge is 0.305 e. The molecule has 1 N–H and O–H groups in total. The first-order chi connectivity index (χ1) is 11.2. The first kappa shape index (κ1) is 22.0. The summed E-state index contributed by atoms with van der Waals surface area (Å²) >= 11 is 0. The van der Waals surface area contributed by atoms with Crippen LogP contribution in [0.3, 0.4) is 0 Å². The molecular formula is C20H36O3. The molecule has 0 aliphatic carbocycles. The van der Waals surface area contributed by atoms with Crippen molar-refractivity contribution in [2.75, 3.05) is 6.61 Å². The number of hydrogen-bond acceptors (Lipinski definition) is 3. The van der Waals surface area contributed by atoms with E-state index in [1.165, 1.54) is 38.5 Å². The molecule has 0 heterocycles. The van der Waals surface area contributed by atoms with Gasteiger partial charge in [0.25, 0.3) is 0 Å². The molecule has 3 heteroatoms. The Morgan fingerprint density at radius 3 is 2.09 bits per heavy atom. The molecule has 0 spiro atoms. The molecule has 0 aliphatic heterocycles. The van der Waals surface area contributed by atoms with Gasteiger partial charge < -0.3 is 9.84 Å². The van der Waals surface area contributed by atoms with Gasteiger partial charge in [0.15, 0.2) is 0 Å². The highest BCUT2D eigenvalue weighted by Crippen LogP contribution is 2.11. The molecule has 134 valence electrons. The lowest BCUT2D eigenvalue weighted by atomic mass is 10.1. The van der Waals surface area contributed by atoms with Gasteiger partial charge in [-0.1, -0.05) is 64.2 Å². The molecule has 0 aromatic carbocycles. The van der Waals surface area contributed by atoms with Crippen LogP contribution in [0.25, 0.3) is 0 Å². The van der Waals surface area contributed by atoms with Crippen molar-refractivity contribution in [2.24, 2.45) is 0 Å². The van der Waals surface area contributed by atoms with Crippen LogP contribution < -0.4 is 0 Å². The van der Waals surface area contributed by atoms with Crippen LogP contribution in [-0.2, 0) is 9.53 Å². The van der Waals surface area contributed by atoms with Gasteiger partial charge >= 0.3 is 5.97 Å². The monoisotopic (exact) mass is 324 g/mol. The summed E-state index contributed by atoms with van der Waals surface area (Å²) in [4.78, 5) is 11.1. The van der Waals surface area contributed by atoms with Crippen molar-refractivity contribution in [3.63, 3.8) is 0 Å². The van der Waals surface area contributed by atoms with Gasteiger partial charge in [0.2, 0.25) is 0 Å². The van der Waals surface area contributed by atoms with Crippen LogP contribution in [0.5, 0.6) is 0 Å². The Labute approximate surface area is 143 Å². The second-order valence-electron chi connectivity index (χ2n) is 6.11. The number of aliphatic hydroxyl groups is 1. The summed E-state index contributed by atoms with van der Waals surface area (Å²) in [5.74, 6) is 5.92. The molecule has 0 radical (unpaired) electrons. The average molecular weight is 325 g/mol. The van der Waals surface area contributed by atoms with E-state index in [4.69, 9.17) is 4.74 Å². The maximum atomic E-state index is 11.1. The van der Waals surface area contributed by atoms with Crippen LogP contribution in [-0.4, -0.2) is 23.8 Å². The molecule has 0 amide bonds. The highest BCUT2D eigenvalue weighted by atomic mass is 16.5. The van der Waals surface area contributed by atoms with Crippen LogP contribution >= 0.6 is 0 Å². The van der Waals surface area contributed by atoms with Gasteiger partial charge in [-0.3, -0.25) is 4.79 Å². The summed E-state index contributed by atoms with van der Waals surface area (Å²) in [6, 6.07) is 0.